The van der Waals surface area contributed by atoms with Crippen molar-refractivity contribution in [2.24, 2.45) is 0 Å². The first-order valence-corrected chi connectivity index (χ1v) is 27.1. The molecular formula is C40H52Br2S4Si2. The second-order valence-corrected chi connectivity index (χ2v) is 32.6. The summed E-state index contributed by atoms with van der Waals surface area (Å²) in [5.41, 5.74) is 12.3. The zero-order valence-electron chi connectivity index (χ0n) is 30.6. The molecule has 0 atom stereocenters. The lowest BCUT2D eigenvalue weighted by atomic mass is 10.0. The zero-order valence-corrected chi connectivity index (χ0v) is 39.1. The third-order valence-corrected chi connectivity index (χ3v) is 31.2. The van der Waals surface area contributed by atoms with E-state index in [-0.39, 0.29) is 0 Å². The van der Waals surface area contributed by atoms with Gasteiger partial charge in [-0.25, -0.2) is 0 Å². The van der Waals surface area contributed by atoms with Gasteiger partial charge in [-0.15, -0.1) is 45.3 Å². The van der Waals surface area contributed by atoms with Gasteiger partial charge >= 0.3 is 0 Å². The molecule has 258 valence electrons. The van der Waals surface area contributed by atoms with Crippen molar-refractivity contribution >= 4 is 126 Å². The minimum atomic E-state index is -1.78. The number of hydrogen-bond donors (Lipinski definition) is 0. The van der Waals surface area contributed by atoms with Gasteiger partial charge in [0.25, 0.3) is 0 Å². The van der Waals surface area contributed by atoms with Crippen LogP contribution in [-0.4, -0.2) is 16.1 Å². The Labute approximate surface area is 325 Å². The Morgan fingerprint density at radius 1 is 0.521 bits per heavy atom. The van der Waals surface area contributed by atoms with E-state index in [2.05, 4.69) is 174 Å². The van der Waals surface area contributed by atoms with Crippen LogP contribution in [-0.2, 0) is 0 Å². The first-order chi connectivity index (χ1) is 22.6. The fourth-order valence-electron chi connectivity index (χ4n) is 8.93. The van der Waals surface area contributed by atoms with Crippen LogP contribution in [0.1, 0.15) is 94.2 Å². The van der Waals surface area contributed by atoms with Crippen molar-refractivity contribution in [2.45, 2.75) is 116 Å². The fraction of sp³-hybridized carbons (Fsp3) is 0.450. The van der Waals surface area contributed by atoms with Crippen LogP contribution >= 0.6 is 77.2 Å². The highest BCUT2D eigenvalue weighted by molar-refractivity contribution is 9.11. The number of halogens is 2. The van der Waals surface area contributed by atoms with E-state index in [9.17, 15) is 0 Å². The molecule has 5 aromatic rings. The largest absolute Gasteiger partial charge is 0.142 e. The monoisotopic (exact) mass is 874 g/mol. The molecule has 0 saturated carbocycles. The van der Waals surface area contributed by atoms with E-state index in [0.29, 0.717) is 33.2 Å². The first-order valence-electron chi connectivity index (χ1n) is 17.5. The summed E-state index contributed by atoms with van der Waals surface area (Å²) in [5, 5.41) is 7.22. The topological polar surface area (TPSA) is 0 Å². The smallest absolute Gasteiger partial charge is 0.0853 e. The normalized spacial score (nSPS) is 13.8. The molecule has 0 bridgehead atoms. The molecule has 1 aromatic carbocycles. The van der Waals surface area contributed by atoms with Crippen molar-refractivity contribution in [2.75, 3.05) is 0 Å². The van der Waals surface area contributed by atoms with Crippen LogP contribution in [0.3, 0.4) is 0 Å². The van der Waals surface area contributed by atoms with Gasteiger partial charge in [0, 0.05) is 50.0 Å². The number of benzene rings is 1. The van der Waals surface area contributed by atoms with Gasteiger partial charge in [-0.2, -0.15) is 0 Å². The van der Waals surface area contributed by atoms with E-state index in [1.165, 1.54) is 59.8 Å². The van der Waals surface area contributed by atoms with Crippen LogP contribution in [0.2, 0.25) is 33.2 Å². The van der Waals surface area contributed by atoms with Crippen LogP contribution in [0.25, 0.3) is 51.8 Å². The number of rotatable bonds is 12. The minimum Gasteiger partial charge on any atom is -0.142 e. The third-order valence-electron chi connectivity index (χ3n) is 11.3. The molecule has 8 heteroatoms. The maximum atomic E-state index is 3.88. The lowest BCUT2D eigenvalue weighted by molar-refractivity contribution is 0.834. The first kappa shape index (κ1) is 38.6. The van der Waals surface area contributed by atoms with E-state index >= 15 is 0 Å². The van der Waals surface area contributed by atoms with Crippen molar-refractivity contribution in [3.05, 3.63) is 66.5 Å². The van der Waals surface area contributed by atoms with Gasteiger partial charge < -0.3 is 0 Å². The molecule has 48 heavy (non-hydrogen) atoms. The molecule has 0 N–H and O–H groups in total. The van der Waals surface area contributed by atoms with Crippen LogP contribution in [0.15, 0.2) is 55.4 Å². The van der Waals surface area contributed by atoms with Crippen molar-refractivity contribution in [1.82, 2.24) is 0 Å². The molecule has 0 unspecified atom stereocenters. The molecule has 0 radical (unpaired) electrons. The zero-order chi connectivity index (χ0) is 35.3. The molecular weight excluding hydrogens is 825 g/mol. The summed E-state index contributed by atoms with van der Waals surface area (Å²) < 4.78 is 5.23. The minimum absolute atomic E-state index is 0.671. The molecule has 0 nitrogen and oxygen atoms in total. The Hall–Kier alpha value is -0.586. The Morgan fingerprint density at radius 2 is 0.833 bits per heavy atom. The van der Waals surface area contributed by atoms with Crippen LogP contribution < -0.4 is 0 Å². The van der Waals surface area contributed by atoms with Crippen molar-refractivity contribution < 1.29 is 0 Å². The molecule has 4 heterocycles. The number of thiophene rings is 4. The summed E-state index contributed by atoms with van der Waals surface area (Å²) in [4.78, 5) is 5.38. The van der Waals surface area contributed by atoms with Gasteiger partial charge in [-0.3, -0.25) is 0 Å². The van der Waals surface area contributed by atoms with E-state index in [1.807, 2.05) is 45.3 Å². The van der Waals surface area contributed by atoms with Gasteiger partial charge in [0.15, 0.2) is 0 Å². The van der Waals surface area contributed by atoms with Crippen molar-refractivity contribution in [3.63, 3.8) is 0 Å². The quantitative estimate of drug-likeness (QED) is 0.110. The van der Waals surface area contributed by atoms with E-state index < -0.39 is 16.1 Å². The summed E-state index contributed by atoms with van der Waals surface area (Å²) in [6, 6.07) is 9.40. The van der Waals surface area contributed by atoms with E-state index in [1.54, 1.807) is 0 Å². The van der Waals surface area contributed by atoms with Gasteiger partial charge in [0.1, 0.15) is 0 Å². The van der Waals surface area contributed by atoms with Crippen molar-refractivity contribution in [3.8, 4) is 19.5 Å². The Morgan fingerprint density at radius 3 is 1.08 bits per heavy atom. The standard InChI is InChI=1S/C40H52Br2S4Si2/c1-23(2)47(24(3)4,25(5)6)19-15-29-31-21-35(39-33(41)13-17-43-39)46-38(31)30(16-20-48(26(7)8,27(9)10)28(11)12)32-22-36(45-37(29)32)40-34(42)14-18-44-40/h13-28H,1-12H3/b19-15+,20-16+. The van der Waals surface area contributed by atoms with Crippen molar-refractivity contribution in [1.29, 1.82) is 0 Å². The maximum Gasteiger partial charge on any atom is 0.0853 e. The average Bonchev–Trinajstić information content (AvgIpc) is 3.79. The molecule has 0 spiro atoms. The predicted octanol–water partition coefficient (Wildman–Crippen LogP) is 17.6. The summed E-state index contributed by atoms with van der Waals surface area (Å²) in [5.74, 6) is 0. The van der Waals surface area contributed by atoms with Gasteiger partial charge in [-0.1, -0.05) is 107 Å². The highest BCUT2D eigenvalue weighted by atomic mass is 79.9. The lowest BCUT2D eigenvalue weighted by Gasteiger charge is -2.40. The SMILES string of the molecule is CC(C)[Si](/C=C/c1c2cc(-c3sccc3Br)sc2c(/C=C/[Si](C(C)C)(C(C)C)C(C)C)c2cc(-c3sccc3Br)sc12)(C(C)C)C(C)C. The maximum absolute atomic E-state index is 3.88. The van der Waals surface area contributed by atoms with Crippen LogP contribution in [0, 0.1) is 0 Å². The molecule has 0 fully saturated rings. The summed E-state index contributed by atoms with van der Waals surface area (Å²) in [7, 11) is -3.56. The predicted molar refractivity (Wildman–Crippen MR) is 239 cm³/mol. The van der Waals surface area contributed by atoms with E-state index in [4.69, 9.17) is 0 Å². The summed E-state index contributed by atoms with van der Waals surface area (Å²) in [6.07, 6.45) is 5.17. The van der Waals surface area contributed by atoms with Gasteiger partial charge in [0.2, 0.25) is 0 Å². The molecule has 0 aliphatic rings. The number of hydrogen-bond acceptors (Lipinski definition) is 4. The Bertz CT molecular complexity index is 1710. The Balaban J connectivity index is 1.92. The molecule has 0 amide bonds. The van der Waals surface area contributed by atoms with Gasteiger partial charge in [0.05, 0.1) is 25.9 Å². The second kappa shape index (κ2) is 15.2. The van der Waals surface area contributed by atoms with E-state index in [0.717, 1.165) is 0 Å². The fourth-order valence-corrected chi connectivity index (χ4v) is 26.3. The molecule has 0 aliphatic carbocycles. The van der Waals surface area contributed by atoms with Crippen LogP contribution in [0.4, 0.5) is 0 Å². The molecule has 4 aromatic heterocycles. The molecule has 5 rings (SSSR count). The van der Waals surface area contributed by atoms with Crippen LogP contribution in [0.5, 0.6) is 0 Å². The summed E-state index contributed by atoms with van der Waals surface area (Å²) in [6.45, 7) is 29.6. The molecule has 0 saturated heterocycles. The second-order valence-electron chi connectivity index (χ2n) is 15.3. The Kier molecular flexibility index (Phi) is 12.2. The highest BCUT2D eigenvalue weighted by Gasteiger charge is 2.41. The van der Waals surface area contributed by atoms with Gasteiger partial charge in [-0.05, 0) is 100 Å². The number of fused-ring (bicyclic) bond motifs is 2. The average molecular weight is 877 g/mol. The third kappa shape index (κ3) is 6.73. The highest BCUT2D eigenvalue weighted by Crippen LogP contribution is 2.52. The summed E-state index contributed by atoms with van der Waals surface area (Å²) >= 11 is 15.4. The molecule has 0 aliphatic heterocycles. The lowest BCUT2D eigenvalue weighted by Crippen LogP contribution is -2.42.